The van der Waals surface area contributed by atoms with Gasteiger partial charge in [0.1, 0.15) is 0 Å². The van der Waals surface area contributed by atoms with E-state index in [1.165, 1.54) is 64.2 Å². The van der Waals surface area contributed by atoms with Crippen molar-refractivity contribution in [1.82, 2.24) is 9.80 Å². The quantitative estimate of drug-likeness (QED) is 0.113. The summed E-state index contributed by atoms with van der Waals surface area (Å²) in [6, 6.07) is 0. The van der Waals surface area contributed by atoms with Gasteiger partial charge in [0.2, 0.25) is 11.8 Å². The molecule has 2 amide bonds. The van der Waals surface area contributed by atoms with Gasteiger partial charge in [0.05, 0.1) is 0 Å². The predicted octanol–water partition coefficient (Wildman–Crippen LogP) is 8.92. The molecule has 0 aliphatic heterocycles. The van der Waals surface area contributed by atoms with Crippen LogP contribution in [0.3, 0.4) is 0 Å². The zero-order valence-corrected chi connectivity index (χ0v) is 24.4. The van der Waals surface area contributed by atoms with Crippen molar-refractivity contribution >= 4 is 11.8 Å². The van der Waals surface area contributed by atoms with Gasteiger partial charge < -0.3 is 9.80 Å². The number of hydrogen-bond acceptors (Lipinski definition) is 2. The second kappa shape index (κ2) is 26.0. The van der Waals surface area contributed by atoms with Crippen LogP contribution in [0.2, 0.25) is 0 Å². The van der Waals surface area contributed by atoms with E-state index in [1.54, 1.807) is 0 Å². The SMILES string of the molecule is CCCCCCCCN(CCC)C(=O)CCCCCCCC(=O)N(CCC)CCCCCCCC. The molecule has 0 atom stereocenters. The Bertz CT molecular complexity index is 439. The van der Waals surface area contributed by atoms with Crippen molar-refractivity contribution < 1.29 is 9.59 Å². The Morgan fingerprint density at radius 1 is 0.371 bits per heavy atom. The highest BCUT2D eigenvalue weighted by atomic mass is 16.2. The van der Waals surface area contributed by atoms with E-state index in [-0.39, 0.29) is 0 Å². The lowest BCUT2D eigenvalue weighted by atomic mass is 10.1. The maximum absolute atomic E-state index is 12.6. The molecule has 0 aromatic heterocycles. The van der Waals surface area contributed by atoms with E-state index in [0.717, 1.165) is 84.0 Å². The third kappa shape index (κ3) is 20.8. The van der Waals surface area contributed by atoms with Crippen LogP contribution < -0.4 is 0 Å². The molecule has 0 rings (SSSR count). The van der Waals surface area contributed by atoms with E-state index in [1.807, 2.05) is 0 Å². The Hall–Kier alpha value is -1.06. The Labute approximate surface area is 220 Å². The molecule has 0 heterocycles. The predicted molar refractivity (Wildman–Crippen MR) is 153 cm³/mol. The fourth-order valence-electron chi connectivity index (χ4n) is 4.83. The van der Waals surface area contributed by atoms with E-state index in [2.05, 4.69) is 37.5 Å². The topological polar surface area (TPSA) is 40.6 Å². The Morgan fingerprint density at radius 2 is 0.686 bits per heavy atom. The van der Waals surface area contributed by atoms with Crippen molar-refractivity contribution in [2.24, 2.45) is 0 Å². The molecule has 0 spiro atoms. The summed E-state index contributed by atoms with van der Waals surface area (Å²) >= 11 is 0. The molecule has 0 aromatic rings. The molecule has 0 unspecified atom stereocenters. The standard InChI is InChI=1S/C31H62N2O2/c1-5-9-11-13-18-22-28-32(26-7-3)30(34)24-20-16-15-17-21-25-31(35)33(27-8-4)29-23-19-14-12-10-6-2/h5-29H2,1-4H3. The maximum Gasteiger partial charge on any atom is 0.222 e. The average molecular weight is 495 g/mol. The first-order chi connectivity index (χ1) is 17.1. The normalized spacial score (nSPS) is 11.1. The molecule has 0 aromatic carbocycles. The minimum absolute atomic E-state index is 0.348. The fourth-order valence-corrected chi connectivity index (χ4v) is 4.83. The van der Waals surface area contributed by atoms with Crippen molar-refractivity contribution in [2.75, 3.05) is 26.2 Å². The zero-order chi connectivity index (χ0) is 26.0. The lowest BCUT2D eigenvalue weighted by Gasteiger charge is -2.22. The van der Waals surface area contributed by atoms with Crippen molar-refractivity contribution in [2.45, 2.75) is 163 Å². The molecule has 208 valence electrons. The molecular formula is C31H62N2O2. The second-order valence-corrected chi connectivity index (χ2v) is 10.6. The molecule has 35 heavy (non-hydrogen) atoms. The van der Waals surface area contributed by atoms with E-state index >= 15 is 0 Å². The van der Waals surface area contributed by atoms with Gasteiger partial charge in [-0.15, -0.1) is 0 Å². The van der Waals surface area contributed by atoms with Gasteiger partial charge in [-0.2, -0.15) is 0 Å². The van der Waals surface area contributed by atoms with Crippen molar-refractivity contribution in [3.63, 3.8) is 0 Å². The first-order valence-electron chi connectivity index (χ1n) is 15.7. The van der Waals surface area contributed by atoms with Crippen molar-refractivity contribution in [3.05, 3.63) is 0 Å². The van der Waals surface area contributed by atoms with Gasteiger partial charge in [-0.05, 0) is 38.5 Å². The minimum atomic E-state index is 0.348. The number of amides is 2. The van der Waals surface area contributed by atoms with Gasteiger partial charge in [0, 0.05) is 39.0 Å². The third-order valence-electron chi connectivity index (χ3n) is 7.04. The molecule has 0 bridgehead atoms. The summed E-state index contributed by atoms with van der Waals surface area (Å²) in [7, 11) is 0. The van der Waals surface area contributed by atoms with Crippen LogP contribution in [-0.4, -0.2) is 47.8 Å². The minimum Gasteiger partial charge on any atom is -0.343 e. The largest absolute Gasteiger partial charge is 0.343 e. The highest BCUT2D eigenvalue weighted by Crippen LogP contribution is 2.13. The smallest absolute Gasteiger partial charge is 0.222 e. The Morgan fingerprint density at radius 3 is 1.03 bits per heavy atom. The van der Waals surface area contributed by atoms with Crippen molar-refractivity contribution in [3.8, 4) is 0 Å². The number of unbranched alkanes of at least 4 members (excludes halogenated alkanes) is 14. The van der Waals surface area contributed by atoms with Gasteiger partial charge in [-0.3, -0.25) is 9.59 Å². The highest BCUT2D eigenvalue weighted by molar-refractivity contribution is 5.76. The molecule has 0 aliphatic rings. The first kappa shape index (κ1) is 33.9. The van der Waals surface area contributed by atoms with E-state index in [4.69, 9.17) is 0 Å². The summed E-state index contributed by atoms with van der Waals surface area (Å²) in [5.74, 6) is 0.695. The van der Waals surface area contributed by atoms with Gasteiger partial charge >= 0.3 is 0 Å². The lowest BCUT2D eigenvalue weighted by Crippen LogP contribution is -2.32. The van der Waals surface area contributed by atoms with E-state index in [9.17, 15) is 9.59 Å². The molecule has 0 aliphatic carbocycles. The van der Waals surface area contributed by atoms with Crippen LogP contribution in [0, 0.1) is 0 Å². The summed E-state index contributed by atoms with van der Waals surface area (Å²) < 4.78 is 0. The number of hydrogen-bond donors (Lipinski definition) is 0. The fraction of sp³-hybridized carbons (Fsp3) is 0.935. The first-order valence-corrected chi connectivity index (χ1v) is 15.7. The third-order valence-corrected chi connectivity index (χ3v) is 7.04. The molecule has 0 saturated carbocycles. The van der Waals surface area contributed by atoms with Crippen LogP contribution in [0.15, 0.2) is 0 Å². The van der Waals surface area contributed by atoms with Crippen LogP contribution in [0.5, 0.6) is 0 Å². The molecule has 4 nitrogen and oxygen atoms in total. The lowest BCUT2D eigenvalue weighted by molar-refractivity contribution is -0.132. The molecule has 0 fully saturated rings. The van der Waals surface area contributed by atoms with Gasteiger partial charge in [-0.1, -0.05) is 111 Å². The van der Waals surface area contributed by atoms with Crippen molar-refractivity contribution in [1.29, 1.82) is 0 Å². The van der Waals surface area contributed by atoms with Crippen LogP contribution >= 0.6 is 0 Å². The van der Waals surface area contributed by atoms with Gasteiger partial charge in [-0.25, -0.2) is 0 Å². The van der Waals surface area contributed by atoms with Gasteiger partial charge in [0.15, 0.2) is 0 Å². The molecule has 0 radical (unpaired) electrons. The summed E-state index contributed by atoms with van der Waals surface area (Å²) in [5.41, 5.74) is 0. The summed E-state index contributed by atoms with van der Waals surface area (Å²) in [4.78, 5) is 29.5. The van der Waals surface area contributed by atoms with Crippen LogP contribution in [0.4, 0.5) is 0 Å². The highest BCUT2D eigenvalue weighted by Gasteiger charge is 2.13. The molecule has 0 N–H and O–H groups in total. The Kier molecular flexibility index (Phi) is 25.2. The second-order valence-electron chi connectivity index (χ2n) is 10.6. The number of rotatable bonds is 26. The maximum atomic E-state index is 12.6. The van der Waals surface area contributed by atoms with E-state index in [0.29, 0.717) is 24.7 Å². The zero-order valence-electron chi connectivity index (χ0n) is 24.4. The number of nitrogens with zero attached hydrogens (tertiary/aromatic N) is 2. The molecule has 0 saturated heterocycles. The number of carbonyl (C=O) groups excluding carboxylic acids is 2. The summed E-state index contributed by atoms with van der Waals surface area (Å²) in [6.45, 7) is 12.5. The summed E-state index contributed by atoms with van der Waals surface area (Å²) in [5, 5.41) is 0. The molecule has 4 heteroatoms. The number of carbonyl (C=O) groups is 2. The van der Waals surface area contributed by atoms with Crippen LogP contribution in [-0.2, 0) is 9.59 Å². The van der Waals surface area contributed by atoms with Crippen LogP contribution in [0.25, 0.3) is 0 Å². The monoisotopic (exact) mass is 494 g/mol. The average Bonchev–Trinajstić information content (AvgIpc) is 2.85. The Balaban J connectivity index is 3.93. The van der Waals surface area contributed by atoms with E-state index < -0.39 is 0 Å². The van der Waals surface area contributed by atoms with Crippen LogP contribution in [0.1, 0.15) is 163 Å². The summed E-state index contributed by atoms with van der Waals surface area (Å²) in [6.07, 6.45) is 24.1. The molecular weight excluding hydrogens is 432 g/mol. The van der Waals surface area contributed by atoms with Gasteiger partial charge in [0.25, 0.3) is 0 Å².